The van der Waals surface area contributed by atoms with Gasteiger partial charge in [-0.1, -0.05) is 66.9 Å². The quantitative estimate of drug-likeness (QED) is 0.456. The number of nitrogens with zero attached hydrogens (tertiary/aromatic N) is 3. The predicted octanol–water partition coefficient (Wildman–Crippen LogP) is 5.80. The second kappa shape index (κ2) is 9.90. The first-order valence-electron chi connectivity index (χ1n) is 11.4. The summed E-state index contributed by atoms with van der Waals surface area (Å²) in [6.45, 7) is 5.70. The zero-order valence-electron chi connectivity index (χ0n) is 18.5. The maximum absolute atomic E-state index is 12.9. The molecule has 1 aliphatic rings. The lowest BCUT2D eigenvalue weighted by atomic mass is 9.96. The van der Waals surface area contributed by atoms with Crippen LogP contribution in [0.5, 0.6) is 0 Å². The Kier molecular flexibility index (Phi) is 6.80. The molecule has 0 N–H and O–H groups in total. The number of benzene rings is 2. The molecule has 5 nitrogen and oxygen atoms in total. The van der Waals surface area contributed by atoms with Crippen LogP contribution in [-0.4, -0.2) is 34.0 Å². The normalized spacial score (nSPS) is 14.7. The first kappa shape index (κ1) is 21.3. The van der Waals surface area contributed by atoms with Crippen molar-refractivity contribution in [2.75, 3.05) is 13.1 Å². The number of rotatable bonds is 7. The van der Waals surface area contributed by atoms with Crippen molar-refractivity contribution in [3.8, 4) is 11.4 Å². The average Bonchev–Trinajstić information content (AvgIpc) is 3.30. The molecule has 5 heteroatoms. The molecule has 1 aliphatic heterocycles. The highest BCUT2D eigenvalue weighted by Gasteiger charge is 2.28. The lowest BCUT2D eigenvalue weighted by Crippen LogP contribution is -2.38. The van der Waals surface area contributed by atoms with E-state index in [2.05, 4.69) is 36.1 Å². The van der Waals surface area contributed by atoms with Crippen LogP contribution < -0.4 is 0 Å². The molecule has 0 saturated carbocycles. The Balaban J connectivity index is 1.32. The molecule has 4 rings (SSSR count). The zero-order valence-corrected chi connectivity index (χ0v) is 18.5. The molecule has 0 radical (unpaired) electrons. The third kappa shape index (κ3) is 5.22. The highest BCUT2D eigenvalue weighted by molar-refractivity contribution is 5.94. The summed E-state index contributed by atoms with van der Waals surface area (Å²) in [5, 5.41) is 4.16. The molecule has 0 aliphatic carbocycles. The van der Waals surface area contributed by atoms with Gasteiger partial charge in [-0.05, 0) is 50.3 Å². The van der Waals surface area contributed by atoms with Crippen LogP contribution in [-0.2, 0) is 6.42 Å². The molecule has 0 bridgehead atoms. The minimum Gasteiger partial charge on any atom is -0.339 e. The number of piperidine rings is 1. The lowest BCUT2D eigenvalue weighted by Gasteiger charge is -2.30. The fraction of sp³-hybridized carbons (Fsp3) is 0.423. The highest BCUT2D eigenvalue weighted by Crippen LogP contribution is 2.29. The Morgan fingerprint density at radius 1 is 1.03 bits per heavy atom. The first-order valence-corrected chi connectivity index (χ1v) is 11.4. The summed E-state index contributed by atoms with van der Waals surface area (Å²) in [4.78, 5) is 19.5. The summed E-state index contributed by atoms with van der Waals surface area (Å²) >= 11 is 0. The summed E-state index contributed by atoms with van der Waals surface area (Å²) in [6.07, 6.45) is 6.46. The van der Waals surface area contributed by atoms with E-state index in [-0.39, 0.29) is 11.8 Å². The van der Waals surface area contributed by atoms with Crippen LogP contribution in [0.1, 0.15) is 72.3 Å². The molecule has 3 aromatic rings. The number of hydrogen-bond acceptors (Lipinski definition) is 4. The number of likely N-dealkylation sites (tertiary alicyclic amines) is 1. The molecule has 0 atom stereocenters. The number of aromatic nitrogens is 2. The number of aryl methyl sites for hydroxylation is 2. The highest BCUT2D eigenvalue weighted by atomic mass is 16.5. The molecular weight excluding hydrogens is 386 g/mol. The van der Waals surface area contributed by atoms with Gasteiger partial charge < -0.3 is 9.42 Å². The smallest absolute Gasteiger partial charge is 0.253 e. The summed E-state index contributed by atoms with van der Waals surface area (Å²) in [7, 11) is 0. The first-order chi connectivity index (χ1) is 15.1. The van der Waals surface area contributed by atoms with E-state index >= 15 is 0 Å². The van der Waals surface area contributed by atoms with Gasteiger partial charge in [0, 0.05) is 30.1 Å². The molecule has 1 amide bonds. The van der Waals surface area contributed by atoms with Gasteiger partial charge in [0.05, 0.1) is 0 Å². The van der Waals surface area contributed by atoms with E-state index in [1.165, 1.54) is 30.4 Å². The Labute approximate surface area is 184 Å². The third-order valence-corrected chi connectivity index (χ3v) is 6.15. The molecule has 1 saturated heterocycles. The monoisotopic (exact) mass is 417 g/mol. The SMILES string of the molecule is CCCCCc1ccc(C(=O)N2CCC(c3nc(-c4ccc(C)cc4)no3)CC2)cc1. The molecule has 2 aromatic carbocycles. The molecule has 1 fully saturated rings. The van der Waals surface area contributed by atoms with E-state index in [9.17, 15) is 4.79 Å². The van der Waals surface area contributed by atoms with Crippen LogP contribution in [0.3, 0.4) is 0 Å². The molecule has 0 spiro atoms. The van der Waals surface area contributed by atoms with Gasteiger partial charge in [0.25, 0.3) is 5.91 Å². The number of amides is 1. The van der Waals surface area contributed by atoms with E-state index < -0.39 is 0 Å². The Morgan fingerprint density at radius 3 is 2.42 bits per heavy atom. The standard InChI is InChI=1S/C26H31N3O2/c1-3-4-5-6-20-9-13-23(14-10-20)26(30)29-17-15-22(16-18-29)25-27-24(28-31-25)21-11-7-19(2)8-12-21/h7-14,22H,3-6,15-18H2,1-2H3. The summed E-state index contributed by atoms with van der Waals surface area (Å²) in [5.41, 5.74) is 4.25. The van der Waals surface area contributed by atoms with Crippen molar-refractivity contribution in [1.82, 2.24) is 15.0 Å². The van der Waals surface area contributed by atoms with Gasteiger partial charge >= 0.3 is 0 Å². The van der Waals surface area contributed by atoms with E-state index in [4.69, 9.17) is 4.52 Å². The molecule has 1 aromatic heterocycles. The topological polar surface area (TPSA) is 59.2 Å². The Morgan fingerprint density at radius 2 is 1.74 bits per heavy atom. The van der Waals surface area contributed by atoms with Gasteiger partial charge in [-0.2, -0.15) is 4.98 Å². The van der Waals surface area contributed by atoms with Crippen molar-refractivity contribution in [2.45, 2.75) is 58.3 Å². The second-order valence-corrected chi connectivity index (χ2v) is 8.54. The largest absolute Gasteiger partial charge is 0.339 e. The fourth-order valence-electron chi connectivity index (χ4n) is 4.13. The minimum absolute atomic E-state index is 0.115. The molecule has 2 heterocycles. The number of hydrogen-bond donors (Lipinski definition) is 0. The van der Waals surface area contributed by atoms with Crippen LogP contribution in [0.25, 0.3) is 11.4 Å². The maximum Gasteiger partial charge on any atom is 0.253 e. The molecular formula is C26H31N3O2. The predicted molar refractivity (Wildman–Crippen MR) is 122 cm³/mol. The summed E-state index contributed by atoms with van der Waals surface area (Å²) in [6, 6.07) is 16.3. The van der Waals surface area contributed by atoms with Crippen LogP contribution in [0.2, 0.25) is 0 Å². The van der Waals surface area contributed by atoms with Crippen molar-refractivity contribution < 1.29 is 9.32 Å². The fourth-order valence-corrected chi connectivity index (χ4v) is 4.13. The van der Waals surface area contributed by atoms with Gasteiger partial charge in [0.1, 0.15) is 0 Å². The lowest BCUT2D eigenvalue weighted by molar-refractivity contribution is 0.0704. The van der Waals surface area contributed by atoms with Crippen molar-refractivity contribution >= 4 is 5.91 Å². The summed E-state index contributed by atoms with van der Waals surface area (Å²) in [5.74, 6) is 1.63. The van der Waals surface area contributed by atoms with Crippen molar-refractivity contribution in [3.05, 3.63) is 71.1 Å². The van der Waals surface area contributed by atoms with E-state index in [1.54, 1.807) is 0 Å². The molecule has 31 heavy (non-hydrogen) atoms. The second-order valence-electron chi connectivity index (χ2n) is 8.54. The van der Waals surface area contributed by atoms with Crippen molar-refractivity contribution in [1.29, 1.82) is 0 Å². The van der Waals surface area contributed by atoms with Crippen LogP contribution >= 0.6 is 0 Å². The van der Waals surface area contributed by atoms with E-state index in [0.29, 0.717) is 24.8 Å². The van der Waals surface area contributed by atoms with Gasteiger partial charge in [-0.15, -0.1) is 0 Å². The number of carbonyl (C=O) groups is 1. The van der Waals surface area contributed by atoms with Crippen molar-refractivity contribution in [2.24, 2.45) is 0 Å². The molecule has 0 unspecified atom stereocenters. The van der Waals surface area contributed by atoms with Crippen LogP contribution in [0.4, 0.5) is 0 Å². The Bertz CT molecular complexity index is 984. The maximum atomic E-state index is 12.9. The minimum atomic E-state index is 0.115. The van der Waals surface area contributed by atoms with Crippen molar-refractivity contribution in [3.63, 3.8) is 0 Å². The van der Waals surface area contributed by atoms with Gasteiger partial charge in [0.15, 0.2) is 0 Å². The molecule has 162 valence electrons. The van der Waals surface area contributed by atoms with Gasteiger partial charge in [-0.3, -0.25) is 4.79 Å². The van der Waals surface area contributed by atoms with E-state index in [1.807, 2.05) is 41.3 Å². The Hall–Kier alpha value is -2.95. The van der Waals surface area contributed by atoms with Crippen LogP contribution in [0, 0.1) is 6.92 Å². The third-order valence-electron chi connectivity index (χ3n) is 6.15. The van der Waals surface area contributed by atoms with Gasteiger partial charge in [0.2, 0.25) is 11.7 Å². The zero-order chi connectivity index (χ0) is 21.6. The summed E-state index contributed by atoms with van der Waals surface area (Å²) < 4.78 is 5.56. The number of unbranched alkanes of at least 4 members (excludes halogenated alkanes) is 2. The average molecular weight is 418 g/mol. The van der Waals surface area contributed by atoms with E-state index in [0.717, 1.165) is 30.4 Å². The van der Waals surface area contributed by atoms with Crippen LogP contribution in [0.15, 0.2) is 53.1 Å². The number of carbonyl (C=O) groups excluding carboxylic acids is 1. The van der Waals surface area contributed by atoms with Gasteiger partial charge in [-0.25, -0.2) is 0 Å².